The van der Waals surface area contributed by atoms with Crippen molar-refractivity contribution in [2.45, 2.75) is 99.9 Å². The van der Waals surface area contributed by atoms with Crippen molar-refractivity contribution < 1.29 is 42.2 Å². The molecule has 0 radical (unpaired) electrons. The lowest BCUT2D eigenvalue weighted by Crippen LogP contribution is -2.49. The van der Waals surface area contributed by atoms with Crippen LogP contribution in [0.15, 0.2) is 36.4 Å². The standard InChI is InChI=1S/C31H35Cl2FN2O3.C2HF3O2/c32-19-10-13-22-24(16-19)35-30(39)31(22)26(15-17-4-1-2-5-17)36-29(25(38)14-18-8-11-20(37)12-9-18)27(31)21-6-3-7-23(33)28(21)34;3-2(4,5)1(6)7/h3,6-7,10,13,16-18,20,26-27,29,36-37H,1-2,4-5,8-9,11-12,14-15H2,(H,35,39);(H,6,7)/t18?,20?,26-,27+,29+,31+;/m1./s1. The van der Waals surface area contributed by atoms with Crippen molar-refractivity contribution in [3.8, 4) is 0 Å². The number of amides is 1. The molecular formula is C33H36Cl2F4N2O5. The Morgan fingerprint density at radius 3 is 2.26 bits per heavy atom. The average molecular weight is 688 g/mol. The van der Waals surface area contributed by atoms with Crippen molar-refractivity contribution >= 4 is 46.5 Å². The van der Waals surface area contributed by atoms with Crippen LogP contribution in [0.25, 0.3) is 0 Å². The van der Waals surface area contributed by atoms with E-state index in [1.54, 1.807) is 24.3 Å². The third-order valence-corrected chi connectivity index (χ3v) is 10.6. The number of carbonyl (C=O) groups excluding carboxylic acids is 2. The Hall–Kier alpha value is -2.73. The summed E-state index contributed by atoms with van der Waals surface area (Å²) in [5.74, 6) is -3.75. The Bertz CT molecular complexity index is 1480. The number of hydrogen-bond acceptors (Lipinski definition) is 5. The predicted molar refractivity (Wildman–Crippen MR) is 164 cm³/mol. The highest BCUT2D eigenvalue weighted by molar-refractivity contribution is 6.31. The van der Waals surface area contributed by atoms with Crippen LogP contribution in [0.3, 0.4) is 0 Å². The highest BCUT2D eigenvalue weighted by Crippen LogP contribution is 2.57. The van der Waals surface area contributed by atoms with E-state index in [2.05, 4.69) is 10.6 Å². The van der Waals surface area contributed by atoms with E-state index in [9.17, 15) is 27.9 Å². The Morgan fingerprint density at radius 1 is 0.978 bits per heavy atom. The summed E-state index contributed by atoms with van der Waals surface area (Å²) in [4.78, 5) is 37.3. The summed E-state index contributed by atoms with van der Waals surface area (Å²) in [5, 5.41) is 24.2. The molecular weight excluding hydrogens is 651 g/mol. The maximum atomic E-state index is 15.9. The Morgan fingerprint density at radius 2 is 1.63 bits per heavy atom. The third-order valence-electron chi connectivity index (χ3n) is 10.1. The molecule has 0 aromatic heterocycles. The summed E-state index contributed by atoms with van der Waals surface area (Å²) in [6.45, 7) is 0. The second-order valence-corrected chi connectivity index (χ2v) is 13.7. The molecule has 1 spiro atoms. The van der Waals surface area contributed by atoms with Gasteiger partial charge in [0.1, 0.15) is 11.2 Å². The Balaban J connectivity index is 0.000000537. The highest BCUT2D eigenvalue weighted by atomic mass is 35.5. The molecule has 3 fully saturated rings. The van der Waals surface area contributed by atoms with Gasteiger partial charge in [0, 0.05) is 29.1 Å². The number of halogens is 6. The minimum atomic E-state index is -5.08. The SMILES string of the molecule is O=C(CC1CCC(O)CC1)[C@@H]1N[C@H](CC2CCCC2)[C@]2(C(=O)Nc3cc(Cl)ccc32)[C@H]1c1cccc(Cl)c1F.O=C(O)C(F)(F)F. The van der Waals surface area contributed by atoms with Gasteiger partial charge in [-0.15, -0.1) is 0 Å². The lowest BCUT2D eigenvalue weighted by Gasteiger charge is -2.36. The zero-order chi connectivity index (χ0) is 33.4. The number of fused-ring (bicyclic) bond motifs is 2. The lowest BCUT2D eigenvalue weighted by molar-refractivity contribution is -0.192. The molecule has 0 bridgehead atoms. The molecule has 4 aliphatic rings. The van der Waals surface area contributed by atoms with Gasteiger partial charge in [-0.3, -0.25) is 9.59 Å². The average Bonchev–Trinajstić information content (AvgIpc) is 3.69. The Kier molecular flexibility index (Phi) is 10.4. The summed E-state index contributed by atoms with van der Waals surface area (Å²) >= 11 is 12.6. The maximum absolute atomic E-state index is 15.9. The minimum absolute atomic E-state index is 0.00993. The minimum Gasteiger partial charge on any atom is -0.475 e. The quantitative estimate of drug-likeness (QED) is 0.240. The molecule has 6 rings (SSSR count). The van der Waals surface area contributed by atoms with Crippen molar-refractivity contribution in [1.82, 2.24) is 5.32 Å². The second kappa shape index (κ2) is 13.8. The first-order valence-corrected chi connectivity index (χ1v) is 16.3. The number of ketones is 1. The fourth-order valence-corrected chi connectivity index (χ4v) is 8.32. The number of carboxylic acid groups (broad SMARTS) is 1. The first-order valence-electron chi connectivity index (χ1n) is 15.6. The molecule has 7 nitrogen and oxygen atoms in total. The number of anilines is 1. The van der Waals surface area contributed by atoms with Crippen molar-refractivity contribution in [2.75, 3.05) is 5.32 Å². The van der Waals surface area contributed by atoms with Crippen LogP contribution in [-0.2, 0) is 19.8 Å². The molecule has 46 heavy (non-hydrogen) atoms. The van der Waals surface area contributed by atoms with E-state index >= 15 is 4.39 Å². The summed E-state index contributed by atoms with van der Waals surface area (Å²) in [6, 6.07) is 9.14. The topological polar surface area (TPSA) is 116 Å². The molecule has 1 saturated heterocycles. The van der Waals surface area contributed by atoms with E-state index in [0.29, 0.717) is 41.5 Å². The van der Waals surface area contributed by atoms with Crippen LogP contribution in [0.1, 0.15) is 81.3 Å². The van der Waals surface area contributed by atoms with Crippen LogP contribution in [0.2, 0.25) is 10.0 Å². The van der Waals surface area contributed by atoms with Gasteiger partial charge in [-0.2, -0.15) is 13.2 Å². The van der Waals surface area contributed by atoms with Gasteiger partial charge in [-0.1, -0.05) is 67.1 Å². The number of Topliss-reactive ketones (excluding diaryl/α,β-unsaturated/α-hetero) is 1. The molecule has 2 aromatic rings. The van der Waals surface area contributed by atoms with Gasteiger partial charge < -0.3 is 20.8 Å². The molecule has 1 amide bonds. The van der Waals surface area contributed by atoms with Gasteiger partial charge >= 0.3 is 12.1 Å². The summed E-state index contributed by atoms with van der Waals surface area (Å²) < 4.78 is 47.6. The van der Waals surface area contributed by atoms with Crippen LogP contribution >= 0.6 is 23.2 Å². The number of carboxylic acids is 1. The van der Waals surface area contributed by atoms with E-state index in [4.69, 9.17) is 33.1 Å². The van der Waals surface area contributed by atoms with Gasteiger partial charge in [0.15, 0.2) is 5.78 Å². The molecule has 13 heteroatoms. The fraction of sp³-hybridized carbons (Fsp3) is 0.545. The first-order chi connectivity index (χ1) is 21.7. The molecule has 2 saturated carbocycles. The normalized spacial score (nSPS) is 29.3. The zero-order valence-electron chi connectivity index (χ0n) is 24.9. The molecule has 2 heterocycles. The number of alkyl halides is 3. The molecule has 2 aromatic carbocycles. The number of aliphatic carboxylic acids is 1. The molecule has 2 aliphatic carbocycles. The summed E-state index contributed by atoms with van der Waals surface area (Å²) in [6.07, 6.45) is 3.11. The molecule has 0 unspecified atom stereocenters. The fourth-order valence-electron chi connectivity index (χ4n) is 7.97. The molecule has 4 N–H and O–H groups in total. The molecule has 2 aliphatic heterocycles. The number of nitrogens with one attached hydrogen (secondary N) is 2. The van der Waals surface area contributed by atoms with Crippen molar-refractivity contribution in [3.63, 3.8) is 0 Å². The number of benzene rings is 2. The van der Waals surface area contributed by atoms with Crippen molar-refractivity contribution in [2.24, 2.45) is 11.8 Å². The van der Waals surface area contributed by atoms with Gasteiger partial charge in [-0.25, -0.2) is 9.18 Å². The van der Waals surface area contributed by atoms with E-state index in [1.165, 1.54) is 6.07 Å². The first kappa shape index (κ1) is 34.6. The van der Waals surface area contributed by atoms with Crippen molar-refractivity contribution in [3.05, 3.63) is 63.4 Å². The molecule has 250 valence electrons. The highest BCUT2D eigenvalue weighted by Gasteiger charge is 2.65. The van der Waals surface area contributed by atoms with Crippen LogP contribution in [0.4, 0.5) is 23.2 Å². The maximum Gasteiger partial charge on any atom is 0.490 e. The summed E-state index contributed by atoms with van der Waals surface area (Å²) in [7, 11) is 0. The van der Waals surface area contributed by atoms with E-state index in [1.807, 2.05) is 6.07 Å². The van der Waals surface area contributed by atoms with Crippen LogP contribution in [0.5, 0.6) is 0 Å². The lowest BCUT2D eigenvalue weighted by atomic mass is 9.62. The summed E-state index contributed by atoms with van der Waals surface area (Å²) in [5.41, 5.74) is 0.483. The zero-order valence-corrected chi connectivity index (χ0v) is 26.4. The van der Waals surface area contributed by atoms with Gasteiger partial charge in [0.25, 0.3) is 0 Å². The molecule has 4 atom stereocenters. The van der Waals surface area contributed by atoms with Crippen LogP contribution in [0, 0.1) is 17.7 Å². The monoisotopic (exact) mass is 686 g/mol. The Labute approximate surface area is 274 Å². The number of hydrogen-bond donors (Lipinski definition) is 4. The second-order valence-electron chi connectivity index (χ2n) is 12.9. The van der Waals surface area contributed by atoms with Crippen LogP contribution in [-0.4, -0.2) is 52.2 Å². The van der Waals surface area contributed by atoms with E-state index in [-0.39, 0.29) is 34.8 Å². The number of aliphatic hydroxyl groups excluding tert-OH is 1. The van der Waals surface area contributed by atoms with Crippen molar-refractivity contribution in [1.29, 1.82) is 0 Å². The number of carbonyl (C=O) groups is 3. The van der Waals surface area contributed by atoms with E-state index < -0.39 is 35.3 Å². The largest absolute Gasteiger partial charge is 0.490 e. The number of rotatable bonds is 6. The van der Waals surface area contributed by atoms with E-state index in [0.717, 1.165) is 50.5 Å². The van der Waals surface area contributed by atoms with Gasteiger partial charge in [-0.05, 0) is 73.3 Å². The van der Waals surface area contributed by atoms with Gasteiger partial charge in [0.2, 0.25) is 5.91 Å². The van der Waals surface area contributed by atoms with Gasteiger partial charge in [0.05, 0.1) is 17.2 Å². The predicted octanol–water partition coefficient (Wildman–Crippen LogP) is 7.17. The smallest absolute Gasteiger partial charge is 0.475 e. The third kappa shape index (κ3) is 6.79. The van der Waals surface area contributed by atoms with Crippen LogP contribution < -0.4 is 10.6 Å². The number of aliphatic hydroxyl groups is 1.